The van der Waals surface area contributed by atoms with Gasteiger partial charge in [0, 0.05) is 25.4 Å². The van der Waals surface area contributed by atoms with Gasteiger partial charge in [-0.1, -0.05) is 29.8 Å². The van der Waals surface area contributed by atoms with Gasteiger partial charge in [-0.2, -0.15) is 10.5 Å². The van der Waals surface area contributed by atoms with E-state index in [1.165, 1.54) is 0 Å². The molecule has 126 valence electrons. The summed E-state index contributed by atoms with van der Waals surface area (Å²) in [5, 5.41) is 18.4. The van der Waals surface area contributed by atoms with Crippen LogP contribution < -0.4 is 10.5 Å². The monoisotopic (exact) mass is 333 g/mol. The smallest absolute Gasteiger partial charge is 0.271 e. The first kappa shape index (κ1) is 16.7. The first-order valence-corrected chi connectivity index (χ1v) is 8.34. The van der Waals surface area contributed by atoms with Gasteiger partial charge in [0.15, 0.2) is 11.4 Å². The molecule has 0 unspecified atom stereocenters. The molecule has 1 aliphatic rings. The summed E-state index contributed by atoms with van der Waals surface area (Å²) in [6, 6.07) is 12.3. The number of anilines is 1. The number of nitrogens with one attached hydrogen (secondary N) is 1. The van der Waals surface area contributed by atoms with E-state index in [-0.39, 0.29) is 11.5 Å². The van der Waals surface area contributed by atoms with Crippen molar-refractivity contribution >= 4 is 5.82 Å². The third kappa shape index (κ3) is 3.70. The van der Waals surface area contributed by atoms with Crippen LogP contribution >= 0.6 is 0 Å². The van der Waals surface area contributed by atoms with Crippen LogP contribution in [-0.2, 0) is 6.42 Å². The van der Waals surface area contributed by atoms with Crippen LogP contribution in [0.15, 0.2) is 29.1 Å². The highest BCUT2D eigenvalue weighted by Crippen LogP contribution is 2.23. The van der Waals surface area contributed by atoms with E-state index < -0.39 is 5.56 Å². The Morgan fingerprint density at radius 3 is 2.72 bits per heavy atom. The van der Waals surface area contributed by atoms with E-state index >= 15 is 0 Å². The van der Waals surface area contributed by atoms with Gasteiger partial charge in [0.2, 0.25) is 0 Å². The summed E-state index contributed by atoms with van der Waals surface area (Å²) in [5.74, 6) is 1.02. The summed E-state index contributed by atoms with van der Waals surface area (Å²) in [4.78, 5) is 21.6. The summed E-state index contributed by atoms with van der Waals surface area (Å²) in [6.07, 6.45) is 1.95. The second kappa shape index (κ2) is 7.19. The minimum absolute atomic E-state index is 0.0375. The van der Waals surface area contributed by atoms with Gasteiger partial charge in [0.1, 0.15) is 11.9 Å². The summed E-state index contributed by atoms with van der Waals surface area (Å²) in [7, 11) is 0. The molecule has 3 rings (SSSR count). The summed E-state index contributed by atoms with van der Waals surface area (Å²) >= 11 is 0. The van der Waals surface area contributed by atoms with Gasteiger partial charge in [0.05, 0.1) is 6.07 Å². The Morgan fingerprint density at radius 1 is 1.32 bits per heavy atom. The normalized spacial score (nSPS) is 14.8. The zero-order valence-corrected chi connectivity index (χ0v) is 14.1. The second-order valence-electron chi connectivity index (χ2n) is 6.38. The third-order valence-electron chi connectivity index (χ3n) is 4.49. The van der Waals surface area contributed by atoms with Crippen LogP contribution in [0.4, 0.5) is 5.82 Å². The van der Waals surface area contributed by atoms with Crippen molar-refractivity contribution < 1.29 is 0 Å². The molecule has 1 aromatic carbocycles. The summed E-state index contributed by atoms with van der Waals surface area (Å²) < 4.78 is 0. The molecule has 0 bridgehead atoms. The number of aromatic nitrogens is 2. The molecule has 1 fully saturated rings. The maximum atomic E-state index is 12.3. The zero-order chi connectivity index (χ0) is 17.8. The van der Waals surface area contributed by atoms with Crippen LogP contribution in [0.5, 0.6) is 0 Å². The molecular weight excluding hydrogens is 314 g/mol. The average Bonchev–Trinajstić information content (AvgIpc) is 2.61. The molecule has 6 heteroatoms. The number of aromatic amines is 1. The molecule has 6 nitrogen and oxygen atoms in total. The molecule has 25 heavy (non-hydrogen) atoms. The zero-order valence-electron chi connectivity index (χ0n) is 14.1. The van der Waals surface area contributed by atoms with Crippen LogP contribution in [-0.4, -0.2) is 23.1 Å². The van der Waals surface area contributed by atoms with Gasteiger partial charge >= 0.3 is 0 Å². The second-order valence-corrected chi connectivity index (χ2v) is 6.38. The Labute approximate surface area is 146 Å². The number of nitriles is 2. The fourth-order valence-electron chi connectivity index (χ4n) is 3.16. The van der Waals surface area contributed by atoms with E-state index in [2.05, 4.69) is 22.1 Å². The highest BCUT2D eigenvalue weighted by atomic mass is 16.1. The molecular formula is C19H19N5O. The van der Waals surface area contributed by atoms with E-state index in [1.54, 1.807) is 0 Å². The number of hydrogen-bond donors (Lipinski definition) is 1. The number of hydrogen-bond acceptors (Lipinski definition) is 5. The predicted molar refractivity (Wildman–Crippen MR) is 94.1 cm³/mol. The van der Waals surface area contributed by atoms with Crippen LogP contribution in [0.25, 0.3) is 0 Å². The van der Waals surface area contributed by atoms with Crippen molar-refractivity contribution in [2.24, 2.45) is 5.92 Å². The Kier molecular flexibility index (Phi) is 4.81. The van der Waals surface area contributed by atoms with E-state index in [9.17, 15) is 10.1 Å². The molecule has 0 amide bonds. The lowest BCUT2D eigenvalue weighted by atomic mass is 9.98. The topological polar surface area (TPSA) is 96.6 Å². The van der Waals surface area contributed by atoms with E-state index in [1.807, 2.05) is 36.1 Å². The van der Waals surface area contributed by atoms with Crippen molar-refractivity contribution in [3.63, 3.8) is 0 Å². The molecule has 1 aromatic heterocycles. The quantitative estimate of drug-likeness (QED) is 0.929. The Balaban J connectivity index is 1.92. The lowest BCUT2D eigenvalue weighted by Crippen LogP contribution is -2.36. The van der Waals surface area contributed by atoms with Crippen molar-refractivity contribution in [2.45, 2.75) is 26.2 Å². The fraction of sp³-hybridized carbons (Fsp3) is 0.368. The largest absolute Gasteiger partial charge is 0.355 e. The Morgan fingerprint density at radius 2 is 2.08 bits per heavy atom. The number of nitrogens with zero attached hydrogens (tertiary/aromatic N) is 4. The Bertz CT molecular complexity index is 911. The van der Waals surface area contributed by atoms with E-state index in [0.717, 1.165) is 24.0 Å². The number of piperidine rings is 1. The number of benzene rings is 1. The van der Waals surface area contributed by atoms with Crippen molar-refractivity contribution in [1.29, 1.82) is 10.5 Å². The molecule has 1 saturated heterocycles. The fourth-order valence-corrected chi connectivity index (χ4v) is 3.16. The summed E-state index contributed by atoms with van der Waals surface area (Å²) in [5.41, 5.74) is 1.84. The van der Waals surface area contributed by atoms with E-state index in [4.69, 9.17) is 5.26 Å². The first-order chi connectivity index (χ1) is 12.1. The lowest BCUT2D eigenvalue weighted by Gasteiger charge is -2.30. The van der Waals surface area contributed by atoms with Gasteiger partial charge in [-0.15, -0.1) is 0 Å². The maximum Gasteiger partial charge on any atom is 0.271 e. The molecule has 2 aromatic rings. The standard InChI is InChI=1S/C19H19N5O/c1-13-3-2-4-15(9-13)10-17-22-18(16(12-21)19(25)23-17)24-7-5-14(11-20)6-8-24/h2-4,9,14H,5-8,10H2,1H3,(H,22,23,25). The third-order valence-corrected chi connectivity index (χ3v) is 4.49. The SMILES string of the molecule is Cc1cccc(Cc2nc(N3CCC(C#N)CC3)c(C#N)c(=O)[nH]2)c1. The van der Waals surface area contributed by atoms with Crippen LogP contribution in [0.3, 0.4) is 0 Å². The molecule has 1 aliphatic heterocycles. The molecule has 0 atom stereocenters. The van der Waals surface area contributed by atoms with Gasteiger partial charge in [-0.25, -0.2) is 4.98 Å². The van der Waals surface area contributed by atoms with Crippen molar-refractivity contribution in [3.8, 4) is 12.1 Å². The van der Waals surface area contributed by atoms with Crippen LogP contribution in [0.2, 0.25) is 0 Å². The van der Waals surface area contributed by atoms with E-state index in [0.29, 0.717) is 31.2 Å². The van der Waals surface area contributed by atoms with Crippen molar-refractivity contribution in [1.82, 2.24) is 9.97 Å². The van der Waals surface area contributed by atoms with Gasteiger partial charge in [0.25, 0.3) is 5.56 Å². The highest BCUT2D eigenvalue weighted by molar-refractivity contribution is 5.53. The van der Waals surface area contributed by atoms with Crippen LogP contribution in [0.1, 0.15) is 35.4 Å². The molecule has 2 heterocycles. The highest BCUT2D eigenvalue weighted by Gasteiger charge is 2.23. The minimum Gasteiger partial charge on any atom is -0.355 e. The van der Waals surface area contributed by atoms with Gasteiger partial charge < -0.3 is 9.88 Å². The maximum absolute atomic E-state index is 12.3. The molecule has 0 saturated carbocycles. The Hall–Kier alpha value is -3.12. The molecule has 0 aliphatic carbocycles. The predicted octanol–water partition coefficient (Wildman–Crippen LogP) is 2.28. The number of rotatable bonds is 3. The molecule has 0 spiro atoms. The van der Waals surface area contributed by atoms with Gasteiger partial charge in [-0.3, -0.25) is 4.79 Å². The molecule has 0 radical (unpaired) electrons. The minimum atomic E-state index is -0.405. The number of aryl methyl sites for hydroxylation is 1. The molecule has 1 N–H and O–H groups in total. The van der Waals surface area contributed by atoms with Gasteiger partial charge in [-0.05, 0) is 25.3 Å². The number of H-pyrrole nitrogens is 1. The van der Waals surface area contributed by atoms with Crippen LogP contribution in [0, 0.1) is 35.5 Å². The first-order valence-electron chi connectivity index (χ1n) is 8.34. The summed E-state index contributed by atoms with van der Waals surface area (Å²) in [6.45, 7) is 3.28. The lowest BCUT2D eigenvalue weighted by molar-refractivity contribution is 0.484. The average molecular weight is 333 g/mol. The van der Waals surface area contributed by atoms with Crippen molar-refractivity contribution in [3.05, 3.63) is 57.1 Å². The van der Waals surface area contributed by atoms with Crippen molar-refractivity contribution in [2.75, 3.05) is 18.0 Å².